The summed E-state index contributed by atoms with van der Waals surface area (Å²) in [5.41, 5.74) is 2.65. The molecule has 4 aromatic rings. The second-order valence-corrected chi connectivity index (χ2v) is 8.87. The zero-order chi connectivity index (χ0) is 23.7. The van der Waals surface area contributed by atoms with Crippen LogP contribution in [0.25, 0.3) is 21.8 Å². The minimum atomic E-state index is -0.627. The van der Waals surface area contributed by atoms with Gasteiger partial charge in [-0.2, -0.15) is 0 Å². The number of fused-ring (bicyclic) bond motifs is 2. The standard InChI is InChI=1S/C26H28F2N4O2/c1-34-18-2-5-24-20(13-18)19(6-9-29-24)25(33)15-32-10-7-16(8-11-32)30-14-17-12-21-22(27)3-4-23(28)26(21)31-17/h2-6,9,12-13,16,25,30-31,33H,7-8,10-11,14-15H2,1H3/t25-/m0/s1. The zero-order valence-electron chi connectivity index (χ0n) is 19.0. The molecule has 1 atom stereocenters. The Labute approximate surface area is 196 Å². The van der Waals surface area contributed by atoms with E-state index in [0.29, 0.717) is 19.1 Å². The predicted molar refractivity (Wildman–Crippen MR) is 128 cm³/mol. The van der Waals surface area contributed by atoms with Gasteiger partial charge in [-0.1, -0.05) is 0 Å². The summed E-state index contributed by atoms with van der Waals surface area (Å²) in [5.74, 6) is -0.137. The Bertz CT molecular complexity index is 1260. The number of piperidine rings is 1. The van der Waals surface area contributed by atoms with Crippen molar-refractivity contribution in [2.24, 2.45) is 0 Å². The number of β-amino-alcohol motifs (C(OH)–C–C–N with tert-alkyl or cyclic N) is 1. The zero-order valence-corrected chi connectivity index (χ0v) is 19.0. The van der Waals surface area contributed by atoms with Gasteiger partial charge in [-0.3, -0.25) is 4.98 Å². The first-order valence-corrected chi connectivity index (χ1v) is 11.5. The van der Waals surface area contributed by atoms with Gasteiger partial charge in [-0.15, -0.1) is 0 Å². The maximum Gasteiger partial charge on any atom is 0.147 e. The molecule has 0 aliphatic carbocycles. The van der Waals surface area contributed by atoms with Crippen molar-refractivity contribution in [3.63, 3.8) is 0 Å². The number of nitrogens with one attached hydrogen (secondary N) is 2. The van der Waals surface area contributed by atoms with Gasteiger partial charge in [0.1, 0.15) is 17.4 Å². The Morgan fingerprint density at radius 2 is 1.91 bits per heavy atom. The van der Waals surface area contributed by atoms with Crippen molar-refractivity contribution in [1.82, 2.24) is 20.2 Å². The Hall–Kier alpha value is -3.07. The van der Waals surface area contributed by atoms with E-state index < -0.39 is 17.7 Å². The predicted octanol–water partition coefficient (Wildman–Crippen LogP) is 4.29. The van der Waals surface area contributed by atoms with Crippen LogP contribution in [0.15, 0.2) is 48.7 Å². The van der Waals surface area contributed by atoms with Crippen LogP contribution in [0.1, 0.15) is 30.2 Å². The Morgan fingerprint density at radius 1 is 1.12 bits per heavy atom. The van der Waals surface area contributed by atoms with E-state index in [1.165, 1.54) is 0 Å². The molecule has 0 saturated carbocycles. The second kappa shape index (κ2) is 9.66. The minimum Gasteiger partial charge on any atom is -0.497 e. The summed E-state index contributed by atoms with van der Waals surface area (Å²) in [4.78, 5) is 9.64. The molecule has 6 nitrogen and oxygen atoms in total. The fourth-order valence-electron chi connectivity index (χ4n) is 4.78. The van der Waals surface area contributed by atoms with E-state index in [-0.39, 0.29) is 10.9 Å². The van der Waals surface area contributed by atoms with E-state index in [9.17, 15) is 13.9 Å². The van der Waals surface area contributed by atoms with Crippen LogP contribution in [0.4, 0.5) is 8.78 Å². The molecule has 1 saturated heterocycles. The lowest BCUT2D eigenvalue weighted by atomic mass is 10.0. The SMILES string of the molecule is COc1ccc2nccc([C@@H](O)CN3CCC(NCc4cc5c(F)ccc(F)c5[nH]4)CC3)c2c1. The number of benzene rings is 2. The van der Waals surface area contributed by atoms with Crippen LogP contribution < -0.4 is 10.1 Å². The maximum absolute atomic E-state index is 13.9. The summed E-state index contributed by atoms with van der Waals surface area (Å²) in [5, 5.41) is 15.6. The number of aliphatic hydroxyl groups excluding tert-OH is 1. The number of halogens is 2. The quantitative estimate of drug-likeness (QED) is 0.379. The van der Waals surface area contributed by atoms with Crippen molar-refractivity contribution in [1.29, 1.82) is 0 Å². The molecule has 5 rings (SSSR count). The van der Waals surface area contributed by atoms with Crippen molar-refractivity contribution in [2.75, 3.05) is 26.7 Å². The summed E-state index contributed by atoms with van der Waals surface area (Å²) >= 11 is 0. The average molecular weight is 467 g/mol. The summed E-state index contributed by atoms with van der Waals surface area (Å²) in [6.45, 7) is 2.78. The normalized spacial score (nSPS) is 16.4. The fraction of sp³-hybridized carbons (Fsp3) is 0.346. The number of aromatic amines is 1. The van der Waals surface area contributed by atoms with Gasteiger partial charge in [0.25, 0.3) is 0 Å². The van der Waals surface area contributed by atoms with Crippen molar-refractivity contribution < 1.29 is 18.6 Å². The fourth-order valence-corrected chi connectivity index (χ4v) is 4.78. The van der Waals surface area contributed by atoms with Crippen molar-refractivity contribution >= 4 is 21.8 Å². The Morgan fingerprint density at radius 3 is 2.68 bits per heavy atom. The van der Waals surface area contributed by atoms with Crippen LogP contribution in [-0.2, 0) is 6.54 Å². The van der Waals surface area contributed by atoms with Gasteiger partial charge in [0, 0.05) is 41.8 Å². The van der Waals surface area contributed by atoms with E-state index in [1.54, 1.807) is 19.4 Å². The second-order valence-electron chi connectivity index (χ2n) is 8.87. The summed E-state index contributed by atoms with van der Waals surface area (Å²) in [7, 11) is 1.63. The topological polar surface area (TPSA) is 73.4 Å². The first kappa shape index (κ1) is 22.7. The van der Waals surface area contributed by atoms with E-state index >= 15 is 0 Å². The van der Waals surface area contributed by atoms with Gasteiger partial charge in [0.15, 0.2) is 0 Å². The highest BCUT2D eigenvalue weighted by Gasteiger charge is 2.23. The van der Waals surface area contributed by atoms with E-state index in [2.05, 4.69) is 20.2 Å². The average Bonchev–Trinajstić information content (AvgIpc) is 3.31. The molecule has 8 heteroatoms. The molecule has 0 bridgehead atoms. The van der Waals surface area contributed by atoms with Gasteiger partial charge in [0.05, 0.1) is 24.2 Å². The van der Waals surface area contributed by atoms with Crippen molar-refractivity contribution in [2.45, 2.75) is 31.5 Å². The molecular weight excluding hydrogens is 438 g/mol. The highest BCUT2D eigenvalue weighted by Crippen LogP contribution is 2.28. The number of ether oxygens (including phenoxy) is 1. The number of methoxy groups -OCH3 is 1. The lowest BCUT2D eigenvalue weighted by Crippen LogP contribution is -2.43. The molecule has 178 valence electrons. The van der Waals surface area contributed by atoms with Gasteiger partial charge >= 0.3 is 0 Å². The van der Waals surface area contributed by atoms with Crippen molar-refractivity contribution in [3.05, 3.63) is 71.6 Å². The highest BCUT2D eigenvalue weighted by atomic mass is 19.1. The highest BCUT2D eigenvalue weighted by molar-refractivity contribution is 5.84. The number of pyridine rings is 1. The molecule has 0 radical (unpaired) electrons. The molecule has 1 aliphatic rings. The maximum atomic E-state index is 13.9. The van der Waals surface area contributed by atoms with Crippen molar-refractivity contribution in [3.8, 4) is 5.75 Å². The Balaban J connectivity index is 1.17. The first-order chi connectivity index (χ1) is 16.5. The van der Waals surface area contributed by atoms with Gasteiger partial charge < -0.3 is 25.0 Å². The van der Waals surface area contributed by atoms with Gasteiger partial charge in [-0.25, -0.2) is 8.78 Å². The lowest BCUT2D eigenvalue weighted by Gasteiger charge is -2.33. The number of rotatable bonds is 7. The third kappa shape index (κ3) is 4.61. The number of nitrogens with zero attached hydrogens (tertiary/aromatic N) is 2. The molecule has 1 fully saturated rings. The minimum absolute atomic E-state index is 0.210. The largest absolute Gasteiger partial charge is 0.497 e. The third-order valence-corrected chi connectivity index (χ3v) is 6.69. The number of aliphatic hydroxyl groups is 1. The molecule has 0 unspecified atom stereocenters. The summed E-state index contributed by atoms with van der Waals surface area (Å²) in [6.07, 6.45) is 2.96. The molecule has 34 heavy (non-hydrogen) atoms. The number of H-pyrrole nitrogens is 1. The number of likely N-dealkylation sites (tertiary alicyclic amines) is 1. The van der Waals surface area contributed by atoms with E-state index in [4.69, 9.17) is 4.74 Å². The van der Waals surface area contributed by atoms with Crippen LogP contribution in [-0.4, -0.2) is 52.8 Å². The molecule has 0 amide bonds. The van der Waals surface area contributed by atoms with E-state index in [0.717, 1.165) is 66.0 Å². The molecular formula is C26H28F2N4O2. The van der Waals surface area contributed by atoms with Gasteiger partial charge in [-0.05, 0) is 74.0 Å². The molecule has 2 aromatic carbocycles. The summed E-state index contributed by atoms with van der Waals surface area (Å²) < 4.78 is 33.2. The summed E-state index contributed by atoms with van der Waals surface area (Å²) in [6, 6.07) is 11.8. The number of hydrogen-bond acceptors (Lipinski definition) is 5. The number of aromatic nitrogens is 2. The molecule has 1 aliphatic heterocycles. The van der Waals surface area contributed by atoms with Crippen LogP contribution in [0.3, 0.4) is 0 Å². The molecule has 2 aromatic heterocycles. The van der Waals surface area contributed by atoms with E-state index in [1.807, 2.05) is 24.3 Å². The monoisotopic (exact) mass is 466 g/mol. The molecule has 3 N–H and O–H groups in total. The van der Waals surface area contributed by atoms with Crippen LogP contribution >= 0.6 is 0 Å². The first-order valence-electron chi connectivity index (χ1n) is 11.5. The van der Waals surface area contributed by atoms with Crippen LogP contribution in [0.2, 0.25) is 0 Å². The molecule has 0 spiro atoms. The lowest BCUT2D eigenvalue weighted by molar-refractivity contribution is 0.0948. The Kier molecular flexibility index (Phi) is 6.45. The third-order valence-electron chi connectivity index (χ3n) is 6.69. The van der Waals surface area contributed by atoms with Crippen LogP contribution in [0, 0.1) is 11.6 Å². The smallest absolute Gasteiger partial charge is 0.147 e. The molecule has 3 heterocycles. The number of hydrogen-bond donors (Lipinski definition) is 3. The van der Waals surface area contributed by atoms with Crippen LogP contribution in [0.5, 0.6) is 5.75 Å². The van der Waals surface area contributed by atoms with Gasteiger partial charge in [0.2, 0.25) is 0 Å².